The van der Waals surface area contributed by atoms with E-state index in [-0.39, 0.29) is 0 Å². The van der Waals surface area contributed by atoms with Gasteiger partial charge in [0.25, 0.3) is 0 Å². The molecular weight excluding hydrogens is 176 g/mol. The van der Waals surface area contributed by atoms with Gasteiger partial charge in [-0.2, -0.15) is 0 Å². The highest BCUT2D eigenvalue weighted by molar-refractivity contribution is 5.44. The van der Waals surface area contributed by atoms with E-state index < -0.39 is 0 Å². The predicted octanol–water partition coefficient (Wildman–Crippen LogP) is 1.58. The van der Waals surface area contributed by atoms with Crippen molar-refractivity contribution in [2.24, 2.45) is 0 Å². The summed E-state index contributed by atoms with van der Waals surface area (Å²) < 4.78 is 0. The van der Waals surface area contributed by atoms with Crippen LogP contribution in [0.4, 0.5) is 11.6 Å². The summed E-state index contributed by atoms with van der Waals surface area (Å²) in [5, 5.41) is 3.34. The normalized spacial score (nSPS) is 20.7. The molecule has 2 rings (SSSR count). The zero-order valence-corrected chi connectivity index (χ0v) is 7.98. The summed E-state index contributed by atoms with van der Waals surface area (Å²) >= 11 is 0. The maximum Gasteiger partial charge on any atom is 0.131 e. The molecule has 0 fully saturated rings. The van der Waals surface area contributed by atoms with Crippen molar-refractivity contribution >= 4 is 11.6 Å². The molecule has 0 radical (unpaired) electrons. The number of hydrogen-bond donors (Lipinski definition) is 2. The molecule has 0 saturated heterocycles. The molecule has 0 saturated carbocycles. The summed E-state index contributed by atoms with van der Waals surface area (Å²) in [7, 11) is 0. The van der Waals surface area contributed by atoms with Gasteiger partial charge in [-0.25, -0.2) is 9.97 Å². The highest BCUT2D eigenvalue weighted by atomic mass is 15.0. The highest BCUT2D eigenvalue weighted by Gasteiger charge is 2.09. The molecule has 14 heavy (non-hydrogen) atoms. The van der Waals surface area contributed by atoms with Crippen LogP contribution < -0.4 is 11.1 Å². The lowest BCUT2D eigenvalue weighted by molar-refractivity contribution is 0.642. The molecule has 0 spiro atoms. The SMILES string of the molecule is Nc1cc(NC2CC=CCC2)ncn1. The van der Waals surface area contributed by atoms with Crippen molar-refractivity contribution in [2.45, 2.75) is 25.3 Å². The molecule has 1 unspecified atom stereocenters. The van der Waals surface area contributed by atoms with Crippen LogP contribution in [0.15, 0.2) is 24.5 Å². The fraction of sp³-hybridized carbons (Fsp3) is 0.400. The van der Waals surface area contributed by atoms with Crippen LogP contribution in [0.3, 0.4) is 0 Å². The Bertz CT molecular complexity index is 335. The van der Waals surface area contributed by atoms with Gasteiger partial charge in [-0.3, -0.25) is 0 Å². The van der Waals surface area contributed by atoms with Gasteiger partial charge in [0.1, 0.15) is 18.0 Å². The van der Waals surface area contributed by atoms with Crippen molar-refractivity contribution in [2.75, 3.05) is 11.1 Å². The van der Waals surface area contributed by atoms with E-state index in [1.165, 1.54) is 6.33 Å². The summed E-state index contributed by atoms with van der Waals surface area (Å²) in [6, 6.07) is 2.24. The minimum absolute atomic E-state index is 0.481. The van der Waals surface area contributed by atoms with Crippen LogP contribution in [0, 0.1) is 0 Å². The first-order valence-electron chi connectivity index (χ1n) is 4.83. The Labute approximate surface area is 83.3 Å². The third-order valence-corrected chi connectivity index (χ3v) is 2.31. The van der Waals surface area contributed by atoms with Crippen molar-refractivity contribution in [1.29, 1.82) is 0 Å². The number of nitrogens with two attached hydrogens (primary N) is 1. The van der Waals surface area contributed by atoms with Crippen LogP contribution in [0.25, 0.3) is 0 Å². The van der Waals surface area contributed by atoms with E-state index in [4.69, 9.17) is 5.73 Å². The van der Waals surface area contributed by atoms with Gasteiger partial charge in [0.2, 0.25) is 0 Å². The Balaban J connectivity index is 1.99. The third-order valence-electron chi connectivity index (χ3n) is 2.31. The lowest BCUT2D eigenvalue weighted by Crippen LogP contribution is -2.21. The van der Waals surface area contributed by atoms with Crippen LogP contribution >= 0.6 is 0 Å². The monoisotopic (exact) mass is 190 g/mol. The second kappa shape index (κ2) is 4.09. The predicted molar refractivity (Wildman–Crippen MR) is 56.8 cm³/mol. The topological polar surface area (TPSA) is 63.8 Å². The van der Waals surface area contributed by atoms with E-state index in [1.54, 1.807) is 6.07 Å². The first-order valence-corrected chi connectivity index (χ1v) is 4.83. The Morgan fingerprint density at radius 2 is 2.29 bits per heavy atom. The Morgan fingerprint density at radius 3 is 3.00 bits per heavy atom. The number of anilines is 2. The Morgan fingerprint density at radius 1 is 1.36 bits per heavy atom. The number of allylic oxidation sites excluding steroid dienone is 1. The molecule has 1 aliphatic carbocycles. The molecule has 0 amide bonds. The van der Waals surface area contributed by atoms with E-state index in [2.05, 4.69) is 27.4 Å². The molecule has 1 aromatic heterocycles. The van der Waals surface area contributed by atoms with Crippen LogP contribution in [0.2, 0.25) is 0 Å². The summed E-state index contributed by atoms with van der Waals surface area (Å²) in [5.74, 6) is 1.33. The highest BCUT2D eigenvalue weighted by Crippen LogP contribution is 2.15. The second-order valence-electron chi connectivity index (χ2n) is 3.45. The van der Waals surface area contributed by atoms with Gasteiger partial charge < -0.3 is 11.1 Å². The van der Waals surface area contributed by atoms with Crippen LogP contribution in [0.1, 0.15) is 19.3 Å². The fourth-order valence-electron chi connectivity index (χ4n) is 1.59. The molecule has 1 heterocycles. The zero-order chi connectivity index (χ0) is 9.80. The maximum atomic E-state index is 5.56. The van der Waals surface area contributed by atoms with Crippen LogP contribution in [0.5, 0.6) is 0 Å². The number of nitrogens with one attached hydrogen (secondary N) is 1. The average molecular weight is 190 g/mol. The van der Waals surface area contributed by atoms with Crippen molar-refractivity contribution in [3.05, 3.63) is 24.5 Å². The summed E-state index contributed by atoms with van der Waals surface area (Å²) in [6.07, 6.45) is 9.25. The van der Waals surface area contributed by atoms with E-state index in [9.17, 15) is 0 Å². The van der Waals surface area contributed by atoms with Gasteiger partial charge in [0.05, 0.1) is 0 Å². The Kier molecular flexibility index (Phi) is 2.62. The summed E-state index contributed by atoms with van der Waals surface area (Å²) in [5.41, 5.74) is 5.56. The second-order valence-corrected chi connectivity index (χ2v) is 3.45. The molecule has 4 nitrogen and oxygen atoms in total. The third kappa shape index (κ3) is 2.22. The minimum Gasteiger partial charge on any atom is -0.384 e. The molecule has 74 valence electrons. The van der Waals surface area contributed by atoms with Crippen molar-refractivity contribution < 1.29 is 0 Å². The smallest absolute Gasteiger partial charge is 0.131 e. The summed E-state index contributed by atoms with van der Waals surface area (Å²) in [6.45, 7) is 0. The van der Waals surface area contributed by atoms with Gasteiger partial charge in [-0.05, 0) is 19.3 Å². The number of hydrogen-bond acceptors (Lipinski definition) is 4. The zero-order valence-electron chi connectivity index (χ0n) is 7.98. The number of rotatable bonds is 2. The lowest BCUT2D eigenvalue weighted by Gasteiger charge is -2.19. The van der Waals surface area contributed by atoms with Gasteiger partial charge in [0, 0.05) is 12.1 Å². The molecule has 3 N–H and O–H groups in total. The molecule has 0 aromatic carbocycles. The molecular formula is C10H14N4. The number of aromatic nitrogens is 2. The van der Waals surface area contributed by atoms with E-state index in [0.29, 0.717) is 11.9 Å². The van der Waals surface area contributed by atoms with E-state index in [0.717, 1.165) is 25.1 Å². The molecule has 4 heteroatoms. The average Bonchev–Trinajstić information content (AvgIpc) is 2.19. The quantitative estimate of drug-likeness (QED) is 0.695. The van der Waals surface area contributed by atoms with E-state index in [1.807, 2.05) is 0 Å². The maximum absolute atomic E-state index is 5.56. The first kappa shape index (κ1) is 8.99. The van der Waals surface area contributed by atoms with Crippen molar-refractivity contribution in [3.8, 4) is 0 Å². The van der Waals surface area contributed by atoms with Gasteiger partial charge in [0.15, 0.2) is 0 Å². The van der Waals surface area contributed by atoms with E-state index >= 15 is 0 Å². The summed E-state index contributed by atoms with van der Waals surface area (Å²) in [4.78, 5) is 7.95. The Hall–Kier alpha value is -1.58. The van der Waals surface area contributed by atoms with Gasteiger partial charge in [-0.15, -0.1) is 0 Å². The first-order chi connectivity index (χ1) is 6.84. The fourth-order valence-corrected chi connectivity index (χ4v) is 1.59. The van der Waals surface area contributed by atoms with Crippen molar-refractivity contribution in [1.82, 2.24) is 9.97 Å². The van der Waals surface area contributed by atoms with Crippen LogP contribution in [-0.2, 0) is 0 Å². The molecule has 0 aliphatic heterocycles. The molecule has 1 aliphatic rings. The molecule has 1 atom stereocenters. The minimum atomic E-state index is 0.481. The number of nitrogens with zero attached hydrogens (tertiary/aromatic N) is 2. The molecule has 0 bridgehead atoms. The standard InChI is InChI=1S/C10H14N4/c11-9-6-10(13-7-12-9)14-8-4-2-1-3-5-8/h1-2,6-8H,3-5H2,(H3,11,12,13,14). The van der Waals surface area contributed by atoms with Crippen molar-refractivity contribution in [3.63, 3.8) is 0 Å². The number of nitrogen functional groups attached to an aromatic ring is 1. The van der Waals surface area contributed by atoms with Gasteiger partial charge in [-0.1, -0.05) is 12.2 Å². The largest absolute Gasteiger partial charge is 0.384 e. The molecule has 1 aromatic rings. The van der Waals surface area contributed by atoms with Gasteiger partial charge >= 0.3 is 0 Å². The van der Waals surface area contributed by atoms with Crippen LogP contribution in [-0.4, -0.2) is 16.0 Å². The lowest BCUT2D eigenvalue weighted by atomic mass is 10.0.